The van der Waals surface area contributed by atoms with Crippen LogP contribution >= 0.6 is 11.3 Å². The van der Waals surface area contributed by atoms with Crippen molar-refractivity contribution in [3.8, 4) is 0 Å². The average Bonchev–Trinajstić information content (AvgIpc) is 3.45. The van der Waals surface area contributed by atoms with Gasteiger partial charge in [0.2, 0.25) is 0 Å². The fourth-order valence-corrected chi connectivity index (χ4v) is 4.22. The van der Waals surface area contributed by atoms with Crippen LogP contribution in [0.5, 0.6) is 0 Å². The summed E-state index contributed by atoms with van der Waals surface area (Å²) in [5, 5.41) is 8.82. The second-order valence-corrected chi connectivity index (χ2v) is 7.84. The van der Waals surface area contributed by atoms with Crippen LogP contribution in [0.4, 0.5) is 0 Å². The van der Waals surface area contributed by atoms with Gasteiger partial charge < -0.3 is 15.4 Å². The van der Waals surface area contributed by atoms with E-state index in [4.69, 9.17) is 4.74 Å². The maximum absolute atomic E-state index is 12.3. The molecule has 120 valence electrons. The first-order valence-electron chi connectivity index (χ1n) is 8.50. The van der Waals surface area contributed by atoms with Crippen LogP contribution in [-0.4, -0.2) is 37.7 Å². The largest absolute Gasteiger partial charge is 0.381 e. The first-order chi connectivity index (χ1) is 10.8. The van der Waals surface area contributed by atoms with Crippen LogP contribution in [0.1, 0.15) is 53.3 Å². The fourth-order valence-electron chi connectivity index (χ4n) is 3.15. The lowest BCUT2D eigenvalue weighted by molar-refractivity contribution is 0.0696. The Labute approximate surface area is 135 Å². The van der Waals surface area contributed by atoms with E-state index in [1.807, 2.05) is 5.38 Å². The number of amides is 1. The minimum atomic E-state index is 0.0811. The van der Waals surface area contributed by atoms with Gasteiger partial charge in [-0.25, -0.2) is 0 Å². The number of hydrogen-bond acceptors (Lipinski definition) is 4. The molecule has 4 rings (SSSR count). The van der Waals surface area contributed by atoms with E-state index in [9.17, 15) is 4.79 Å². The van der Waals surface area contributed by atoms with Gasteiger partial charge in [-0.05, 0) is 50.6 Å². The number of hydrogen-bond donors (Lipinski definition) is 2. The van der Waals surface area contributed by atoms with Crippen LogP contribution in [0.2, 0.25) is 0 Å². The van der Waals surface area contributed by atoms with Crippen molar-refractivity contribution in [3.63, 3.8) is 0 Å². The summed E-state index contributed by atoms with van der Waals surface area (Å²) < 4.78 is 5.33. The highest BCUT2D eigenvalue weighted by Gasteiger charge is 2.40. The number of rotatable bonds is 6. The molecule has 4 nitrogen and oxygen atoms in total. The zero-order chi connectivity index (χ0) is 14.9. The summed E-state index contributed by atoms with van der Waals surface area (Å²) in [6, 6.07) is 3.02. The predicted octanol–water partition coefficient (Wildman–Crippen LogP) is 2.51. The van der Waals surface area contributed by atoms with Gasteiger partial charge in [-0.2, -0.15) is 0 Å². The summed E-state index contributed by atoms with van der Waals surface area (Å²) in [6.45, 7) is 2.70. The number of ether oxygens (including phenoxy) is 1. The van der Waals surface area contributed by atoms with Gasteiger partial charge >= 0.3 is 0 Å². The van der Waals surface area contributed by atoms with E-state index in [1.165, 1.54) is 30.7 Å². The van der Waals surface area contributed by atoms with E-state index < -0.39 is 0 Å². The lowest BCUT2D eigenvalue weighted by atomic mass is 10.1. The third-order valence-corrected chi connectivity index (χ3v) is 6.02. The molecule has 2 heterocycles. The number of carbonyl (C=O) groups is 1. The zero-order valence-corrected chi connectivity index (χ0v) is 13.7. The molecule has 1 amide bonds. The molecule has 1 saturated heterocycles. The average molecular weight is 320 g/mol. The monoisotopic (exact) mass is 320 g/mol. The fraction of sp³-hybridized carbons (Fsp3) is 0.706. The third kappa shape index (κ3) is 3.53. The summed E-state index contributed by atoms with van der Waals surface area (Å²) in [6.07, 6.45) is 5.89. The van der Waals surface area contributed by atoms with E-state index in [0.29, 0.717) is 12.0 Å². The van der Waals surface area contributed by atoms with E-state index in [-0.39, 0.29) is 11.9 Å². The summed E-state index contributed by atoms with van der Waals surface area (Å²) in [5.41, 5.74) is 0.833. The SMILES string of the molecule is O=C(NC1CCOCC1)c1csc(C2CC2NCC2CC2)c1. The van der Waals surface area contributed by atoms with Crippen LogP contribution in [-0.2, 0) is 4.74 Å². The van der Waals surface area contributed by atoms with Gasteiger partial charge in [-0.3, -0.25) is 4.79 Å². The van der Waals surface area contributed by atoms with Gasteiger partial charge in [-0.15, -0.1) is 11.3 Å². The molecule has 5 heteroatoms. The van der Waals surface area contributed by atoms with Crippen LogP contribution < -0.4 is 10.6 Å². The molecule has 1 aromatic rings. The highest BCUT2D eigenvalue weighted by Crippen LogP contribution is 2.44. The van der Waals surface area contributed by atoms with Crippen LogP contribution in [0.25, 0.3) is 0 Å². The Morgan fingerprint density at radius 3 is 2.86 bits per heavy atom. The molecule has 2 aliphatic carbocycles. The molecule has 22 heavy (non-hydrogen) atoms. The highest BCUT2D eigenvalue weighted by atomic mass is 32.1. The number of thiophene rings is 1. The zero-order valence-electron chi connectivity index (χ0n) is 12.8. The molecule has 1 aliphatic heterocycles. The molecule has 0 bridgehead atoms. The van der Waals surface area contributed by atoms with Gasteiger partial charge in [0.1, 0.15) is 0 Å². The molecular weight excluding hydrogens is 296 g/mol. The van der Waals surface area contributed by atoms with Gasteiger partial charge in [-0.1, -0.05) is 0 Å². The molecule has 1 aromatic heterocycles. The molecule has 0 radical (unpaired) electrons. The minimum Gasteiger partial charge on any atom is -0.381 e. The molecule has 2 atom stereocenters. The topological polar surface area (TPSA) is 50.4 Å². The van der Waals surface area contributed by atoms with E-state index >= 15 is 0 Å². The minimum absolute atomic E-state index is 0.0811. The Balaban J connectivity index is 1.28. The Morgan fingerprint density at radius 1 is 1.27 bits per heavy atom. The van der Waals surface area contributed by atoms with Crippen LogP contribution in [0.3, 0.4) is 0 Å². The lowest BCUT2D eigenvalue weighted by Gasteiger charge is -2.22. The van der Waals surface area contributed by atoms with Gasteiger partial charge in [0.25, 0.3) is 5.91 Å². The van der Waals surface area contributed by atoms with Crippen molar-refractivity contribution in [3.05, 3.63) is 21.9 Å². The molecule has 2 saturated carbocycles. The number of nitrogens with one attached hydrogen (secondary N) is 2. The molecule has 3 aliphatic rings. The Bertz CT molecular complexity index is 535. The summed E-state index contributed by atoms with van der Waals surface area (Å²) in [7, 11) is 0. The van der Waals surface area contributed by atoms with Crippen molar-refractivity contribution in [2.45, 2.75) is 50.1 Å². The first-order valence-corrected chi connectivity index (χ1v) is 9.38. The molecule has 2 N–H and O–H groups in total. The van der Waals surface area contributed by atoms with Crippen molar-refractivity contribution in [2.75, 3.05) is 19.8 Å². The van der Waals surface area contributed by atoms with Gasteiger partial charge in [0, 0.05) is 41.5 Å². The summed E-state index contributed by atoms with van der Waals surface area (Å²) in [5.74, 6) is 1.65. The van der Waals surface area contributed by atoms with Crippen LogP contribution in [0, 0.1) is 5.92 Å². The normalized spacial score (nSPS) is 28.5. The van der Waals surface area contributed by atoms with Crippen molar-refractivity contribution < 1.29 is 9.53 Å². The van der Waals surface area contributed by atoms with Crippen molar-refractivity contribution >= 4 is 17.2 Å². The Hall–Kier alpha value is -0.910. The van der Waals surface area contributed by atoms with Crippen molar-refractivity contribution in [1.29, 1.82) is 0 Å². The smallest absolute Gasteiger partial charge is 0.252 e. The quantitative estimate of drug-likeness (QED) is 0.847. The van der Waals surface area contributed by atoms with Gasteiger partial charge in [0.15, 0.2) is 0 Å². The summed E-state index contributed by atoms with van der Waals surface area (Å²) in [4.78, 5) is 13.7. The third-order valence-electron chi connectivity index (χ3n) is 4.96. The van der Waals surface area contributed by atoms with Crippen molar-refractivity contribution in [2.24, 2.45) is 5.92 Å². The molecule has 2 unspecified atom stereocenters. The van der Waals surface area contributed by atoms with Crippen molar-refractivity contribution in [1.82, 2.24) is 10.6 Å². The molecule has 0 aromatic carbocycles. The maximum Gasteiger partial charge on any atom is 0.252 e. The second-order valence-electron chi connectivity index (χ2n) is 6.90. The molecular formula is C17H24N2O2S. The Morgan fingerprint density at radius 2 is 2.09 bits per heavy atom. The number of carbonyl (C=O) groups excluding carboxylic acids is 1. The van der Waals surface area contributed by atoms with E-state index in [2.05, 4.69) is 16.7 Å². The Kier molecular flexibility index (Phi) is 4.20. The van der Waals surface area contributed by atoms with E-state index in [0.717, 1.165) is 37.5 Å². The highest BCUT2D eigenvalue weighted by molar-refractivity contribution is 7.10. The second kappa shape index (κ2) is 6.30. The first kappa shape index (κ1) is 14.7. The van der Waals surface area contributed by atoms with Crippen LogP contribution in [0.15, 0.2) is 11.4 Å². The summed E-state index contributed by atoms with van der Waals surface area (Å²) >= 11 is 1.74. The standard InChI is InChI=1S/C17H24N2O2S/c20-17(19-13-3-5-21-6-4-13)12-7-16(22-10-12)14-8-15(14)18-9-11-1-2-11/h7,10-11,13-15,18H,1-6,8-9H2,(H,19,20). The lowest BCUT2D eigenvalue weighted by Crippen LogP contribution is -2.38. The van der Waals surface area contributed by atoms with E-state index in [1.54, 1.807) is 11.3 Å². The molecule has 0 spiro atoms. The molecule has 3 fully saturated rings. The maximum atomic E-state index is 12.3. The van der Waals surface area contributed by atoms with Gasteiger partial charge in [0.05, 0.1) is 5.56 Å². The predicted molar refractivity (Wildman–Crippen MR) is 87.5 cm³/mol.